The summed E-state index contributed by atoms with van der Waals surface area (Å²) in [6.07, 6.45) is 1.54. The molecular weight excluding hydrogens is 390 g/mol. The molecule has 9 heteroatoms. The molecule has 0 bridgehead atoms. The van der Waals surface area contributed by atoms with Crippen molar-refractivity contribution in [3.8, 4) is 23.0 Å². The summed E-state index contributed by atoms with van der Waals surface area (Å²) in [5, 5.41) is 12.3. The smallest absolute Gasteiger partial charge is 0.357 e. The molecule has 0 radical (unpaired) electrons. The molecule has 3 aromatic rings. The van der Waals surface area contributed by atoms with Crippen molar-refractivity contribution in [3.63, 3.8) is 0 Å². The molecule has 4 rings (SSSR count). The van der Waals surface area contributed by atoms with Gasteiger partial charge in [-0.25, -0.2) is 9.78 Å². The lowest BCUT2D eigenvalue weighted by molar-refractivity contribution is 0.0593. The SMILES string of the molecule is COC(=O)c1c(N)c(C#N)cn1-c1ccc(-c2csc(N3CCOCC3)n2)cc1. The van der Waals surface area contributed by atoms with E-state index in [2.05, 4.69) is 4.90 Å². The molecule has 3 heterocycles. The number of methoxy groups -OCH3 is 1. The van der Waals surface area contributed by atoms with Crippen molar-refractivity contribution in [1.82, 2.24) is 9.55 Å². The Bertz CT molecular complexity index is 1070. The summed E-state index contributed by atoms with van der Waals surface area (Å²) >= 11 is 1.61. The lowest BCUT2D eigenvalue weighted by Crippen LogP contribution is -2.36. The average Bonchev–Trinajstić information content (AvgIpc) is 3.39. The zero-order chi connectivity index (χ0) is 20.4. The summed E-state index contributed by atoms with van der Waals surface area (Å²) in [7, 11) is 1.28. The number of benzene rings is 1. The Hall–Kier alpha value is -3.35. The Morgan fingerprint density at radius 1 is 1.31 bits per heavy atom. The fourth-order valence-electron chi connectivity index (χ4n) is 3.21. The third-order valence-corrected chi connectivity index (χ3v) is 5.66. The molecule has 2 N–H and O–H groups in total. The molecule has 29 heavy (non-hydrogen) atoms. The molecule has 0 aliphatic carbocycles. The lowest BCUT2D eigenvalue weighted by atomic mass is 10.1. The number of aromatic nitrogens is 2. The van der Waals surface area contributed by atoms with Gasteiger partial charge in [-0.1, -0.05) is 12.1 Å². The maximum Gasteiger partial charge on any atom is 0.357 e. The highest BCUT2D eigenvalue weighted by atomic mass is 32.1. The second kappa shape index (κ2) is 7.95. The number of carbonyl (C=O) groups is 1. The molecule has 0 saturated carbocycles. The fourth-order valence-corrected chi connectivity index (χ4v) is 4.10. The Balaban J connectivity index is 1.63. The summed E-state index contributed by atoms with van der Waals surface area (Å²) < 4.78 is 11.8. The maximum absolute atomic E-state index is 12.1. The number of nitrogens with two attached hydrogens (primary N) is 1. The number of nitriles is 1. The fraction of sp³-hybridized carbons (Fsp3) is 0.250. The van der Waals surface area contributed by atoms with Crippen LogP contribution >= 0.6 is 11.3 Å². The van der Waals surface area contributed by atoms with Crippen LogP contribution in [0.25, 0.3) is 16.9 Å². The minimum atomic E-state index is -0.595. The molecule has 148 valence electrons. The minimum Gasteiger partial charge on any atom is -0.464 e. The topological polar surface area (TPSA) is 106 Å². The van der Waals surface area contributed by atoms with Crippen LogP contribution in [0.15, 0.2) is 35.8 Å². The zero-order valence-corrected chi connectivity index (χ0v) is 16.6. The highest BCUT2D eigenvalue weighted by Gasteiger charge is 2.22. The van der Waals surface area contributed by atoms with Crippen LogP contribution in [0.2, 0.25) is 0 Å². The van der Waals surface area contributed by atoms with Gasteiger partial charge in [0.2, 0.25) is 0 Å². The van der Waals surface area contributed by atoms with E-state index < -0.39 is 5.97 Å². The molecule has 0 amide bonds. The number of hydrogen-bond donors (Lipinski definition) is 1. The predicted octanol–water partition coefficient (Wildman–Crippen LogP) is 2.68. The highest BCUT2D eigenvalue weighted by Crippen LogP contribution is 2.30. The van der Waals surface area contributed by atoms with Gasteiger partial charge in [-0.2, -0.15) is 5.26 Å². The Kier molecular flexibility index (Phi) is 5.20. The molecule has 0 atom stereocenters. The number of carbonyl (C=O) groups excluding carboxylic acids is 1. The van der Waals surface area contributed by atoms with Crippen molar-refractivity contribution >= 4 is 28.1 Å². The highest BCUT2D eigenvalue weighted by molar-refractivity contribution is 7.14. The summed E-state index contributed by atoms with van der Waals surface area (Å²) in [5.41, 5.74) is 8.98. The monoisotopic (exact) mass is 409 g/mol. The first-order valence-electron chi connectivity index (χ1n) is 9.00. The van der Waals surface area contributed by atoms with Gasteiger partial charge in [-0.15, -0.1) is 11.3 Å². The molecule has 0 unspecified atom stereocenters. The Morgan fingerprint density at radius 2 is 2.03 bits per heavy atom. The first-order valence-corrected chi connectivity index (χ1v) is 9.88. The largest absolute Gasteiger partial charge is 0.464 e. The first-order chi connectivity index (χ1) is 14.1. The van der Waals surface area contributed by atoms with Gasteiger partial charge in [0.15, 0.2) is 10.8 Å². The van der Waals surface area contributed by atoms with E-state index in [1.54, 1.807) is 15.9 Å². The van der Waals surface area contributed by atoms with Crippen LogP contribution in [0.4, 0.5) is 10.8 Å². The van der Waals surface area contributed by atoms with Crippen LogP contribution in [0, 0.1) is 11.3 Å². The predicted molar refractivity (Wildman–Crippen MR) is 110 cm³/mol. The molecule has 1 aromatic carbocycles. The van der Waals surface area contributed by atoms with E-state index in [1.165, 1.54) is 13.3 Å². The summed E-state index contributed by atoms with van der Waals surface area (Å²) in [6.45, 7) is 3.13. The summed E-state index contributed by atoms with van der Waals surface area (Å²) in [5.74, 6) is -0.595. The van der Waals surface area contributed by atoms with Gasteiger partial charge < -0.3 is 24.7 Å². The third-order valence-electron chi connectivity index (χ3n) is 4.76. The van der Waals surface area contributed by atoms with Crippen molar-refractivity contribution < 1.29 is 14.3 Å². The number of ether oxygens (including phenoxy) is 2. The molecule has 1 aliphatic heterocycles. The third kappa shape index (κ3) is 3.55. The van der Waals surface area contributed by atoms with Gasteiger partial charge >= 0.3 is 5.97 Å². The molecule has 8 nitrogen and oxygen atoms in total. The normalized spacial score (nSPS) is 13.9. The number of rotatable bonds is 4. The summed E-state index contributed by atoms with van der Waals surface area (Å²) in [6, 6.07) is 9.57. The van der Waals surface area contributed by atoms with E-state index in [4.69, 9.17) is 20.2 Å². The van der Waals surface area contributed by atoms with Gasteiger partial charge in [0.25, 0.3) is 0 Å². The molecule has 0 spiro atoms. The van der Waals surface area contributed by atoms with Crippen molar-refractivity contribution in [2.24, 2.45) is 0 Å². The number of thiazole rings is 1. The molecular formula is C20H19N5O3S. The number of esters is 1. The van der Waals surface area contributed by atoms with E-state index in [9.17, 15) is 10.1 Å². The lowest BCUT2D eigenvalue weighted by Gasteiger charge is -2.26. The van der Waals surface area contributed by atoms with Crippen LogP contribution in [-0.2, 0) is 9.47 Å². The van der Waals surface area contributed by atoms with Crippen LogP contribution in [0.3, 0.4) is 0 Å². The second-order valence-corrected chi connectivity index (χ2v) is 7.28. The van der Waals surface area contributed by atoms with E-state index >= 15 is 0 Å². The summed E-state index contributed by atoms with van der Waals surface area (Å²) in [4.78, 5) is 19.1. The van der Waals surface area contributed by atoms with Crippen LogP contribution in [0.1, 0.15) is 16.1 Å². The number of anilines is 2. The molecule has 2 aromatic heterocycles. The van der Waals surface area contributed by atoms with Gasteiger partial charge in [0, 0.05) is 35.9 Å². The van der Waals surface area contributed by atoms with Crippen LogP contribution in [0.5, 0.6) is 0 Å². The van der Waals surface area contributed by atoms with E-state index in [-0.39, 0.29) is 16.9 Å². The van der Waals surface area contributed by atoms with Crippen LogP contribution in [-0.4, -0.2) is 48.9 Å². The van der Waals surface area contributed by atoms with E-state index in [0.29, 0.717) is 5.69 Å². The van der Waals surface area contributed by atoms with Crippen molar-refractivity contribution in [3.05, 3.63) is 47.1 Å². The second-order valence-electron chi connectivity index (χ2n) is 6.44. The number of hydrogen-bond acceptors (Lipinski definition) is 8. The molecule has 1 aliphatic rings. The van der Waals surface area contributed by atoms with Gasteiger partial charge in [-0.3, -0.25) is 0 Å². The first kappa shape index (κ1) is 19.0. The number of nitrogen functional groups attached to an aromatic ring is 1. The van der Waals surface area contributed by atoms with Crippen molar-refractivity contribution in [2.45, 2.75) is 0 Å². The standard InChI is InChI=1S/C20H19N5O3S/c1-27-19(26)18-17(22)14(10-21)11-25(18)15-4-2-13(3-5-15)16-12-29-20(23-16)24-6-8-28-9-7-24/h2-5,11-12H,6-9,22H2,1H3. The maximum atomic E-state index is 12.1. The zero-order valence-electron chi connectivity index (χ0n) is 15.8. The quantitative estimate of drug-likeness (QED) is 0.660. The number of nitrogens with zero attached hydrogens (tertiary/aromatic N) is 4. The molecule has 1 saturated heterocycles. The van der Waals surface area contributed by atoms with Gasteiger partial charge in [0.1, 0.15) is 6.07 Å². The van der Waals surface area contributed by atoms with E-state index in [1.807, 2.05) is 35.7 Å². The van der Waals surface area contributed by atoms with Crippen LogP contribution < -0.4 is 10.6 Å². The minimum absolute atomic E-state index is 0.109. The van der Waals surface area contributed by atoms with Crippen molar-refractivity contribution in [1.29, 1.82) is 5.26 Å². The number of morpholine rings is 1. The van der Waals surface area contributed by atoms with Gasteiger partial charge in [0.05, 0.1) is 37.3 Å². The van der Waals surface area contributed by atoms with Crippen molar-refractivity contribution in [2.75, 3.05) is 44.0 Å². The van der Waals surface area contributed by atoms with Gasteiger partial charge in [-0.05, 0) is 12.1 Å². The molecule has 1 fully saturated rings. The van der Waals surface area contributed by atoms with E-state index in [0.717, 1.165) is 42.7 Å². The Morgan fingerprint density at radius 3 is 2.69 bits per heavy atom. The Labute approximate surface area is 171 Å². The average molecular weight is 409 g/mol.